The number of aliphatic imine (C=N–C) groups is 1. The molecule has 27 heavy (non-hydrogen) atoms. The van der Waals surface area contributed by atoms with Crippen molar-refractivity contribution in [1.82, 2.24) is 34.7 Å². The molecule has 0 amide bonds. The predicted molar refractivity (Wildman–Crippen MR) is 103 cm³/mol. The van der Waals surface area contributed by atoms with Crippen LogP contribution in [0.5, 0.6) is 0 Å². The Hall–Kier alpha value is -2.98. The molecule has 10 heteroatoms. The van der Waals surface area contributed by atoms with Gasteiger partial charge in [0.15, 0.2) is 11.4 Å². The van der Waals surface area contributed by atoms with E-state index in [4.69, 9.17) is 10.2 Å². The number of piperazine rings is 1. The second-order valence-electron chi connectivity index (χ2n) is 6.47. The zero-order chi connectivity index (χ0) is 18.6. The van der Waals surface area contributed by atoms with Gasteiger partial charge in [-0.1, -0.05) is 0 Å². The number of fused-ring (bicyclic) bond motifs is 1. The monoisotopic (exact) mass is 369 g/mol. The number of anilines is 1. The Morgan fingerprint density at radius 1 is 1.41 bits per heavy atom. The van der Waals surface area contributed by atoms with E-state index in [-0.39, 0.29) is 5.95 Å². The standard InChI is InChI=1S/C17H23N9O/c1-24(8-9-25-6-4-19-5-7-25)12-21-13-11-20-17(18)26-16(13)22-15(23-26)14-3-2-10-27-14/h2-3,10-12,19H,4-9H2,1H3,(H2,18,20). The maximum absolute atomic E-state index is 5.92. The molecule has 0 aromatic carbocycles. The Bertz CT molecular complexity index is 912. The molecule has 0 atom stereocenters. The van der Waals surface area contributed by atoms with Crippen LogP contribution in [0, 0.1) is 0 Å². The summed E-state index contributed by atoms with van der Waals surface area (Å²) in [6, 6.07) is 3.58. The van der Waals surface area contributed by atoms with Crippen molar-refractivity contribution in [3.8, 4) is 11.6 Å². The highest BCUT2D eigenvalue weighted by Crippen LogP contribution is 2.23. The number of nitrogens with two attached hydrogens (primary N) is 1. The number of aromatic nitrogens is 4. The number of furan rings is 1. The number of nitrogens with zero attached hydrogens (tertiary/aromatic N) is 7. The molecule has 3 N–H and O–H groups in total. The largest absolute Gasteiger partial charge is 0.461 e. The Morgan fingerprint density at radius 3 is 3.04 bits per heavy atom. The highest BCUT2D eigenvalue weighted by Gasteiger charge is 2.14. The molecule has 0 bridgehead atoms. The van der Waals surface area contributed by atoms with Crippen molar-refractivity contribution in [3.63, 3.8) is 0 Å². The highest BCUT2D eigenvalue weighted by molar-refractivity contribution is 5.72. The molecule has 142 valence electrons. The second kappa shape index (κ2) is 7.72. The number of nitrogen functional groups attached to an aromatic ring is 1. The van der Waals surface area contributed by atoms with Crippen LogP contribution < -0.4 is 11.1 Å². The van der Waals surface area contributed by atoms with E-state index in [1.165, 1.54) is 4.52 Å². The van der Waals surface area contributed by atoms with Gasteiger partial charge >= 0.3 is 0 Å². The fourth-order valence-electron chi connectivity index (χ4n) is 2.93. The molecule has 3 aromatic rings. The predicted octanol–water partition coefficient (Wildman–Crippen LogP) is 0.463. The molecule has 1 fully saturated rings. The summed E-state index contributed by atoms with van der Waals surface area (Å²) in [6.45, 7) is 6.18. The minimum Gasteiger partial charge on any atom is -0.461 e. The maximum atomic E-state index is 5.92. The average molecular weight is 369 g/mol. The number of rotatable bonds is 6. The molecular formula is C17H23N9O. The van der Waals surface area contributed by atoms with Crippen LogP contribution in [0.25, 0.3) is 17.2 Å². The maximum Gasteiger partial charge on any atom is 0.223 e. The first-order chi connectivity index (χ1) is 13.2. The lowest BCUT2D eigenvalue weighted by atomic mass is 10.3. The minimum atomic E-state index is 0.251. The van der Waals surface area contributed by atoms with Crippen LogP contribution >= 0.6 is 0 Å². The molecule has 4 rings (SSSR count). The lowest BCUT2D eigenvalue weighted by molar-refractivity contribution is 0.228. The first-order valence-electron chi connectivity index (χ1n) is 8.93. The van der Waals surface area contributed by atoms with Crippen LogP contribution in [0.2, 0.25) is 0 Å². The number of likely N-dealkylation sites (N-methyl/N-ethyl adjacent to an activating group) is 1. The lowest BCUT2D eigenvalue weighted by Crippen LogP contribution is -2.45. The van der Waals surface area contributed by atoms with Gasteiger partial charge in [-0.15, -0.1) is 5.10 Å². The van der Waals surface area contributed by atoms with Gasteiger partial charge in [-0.2, -0.15) is 4.52 Å². The number of hydrogen-bond donors (Lipinski definition) is 2. The van der Waals surface area contributed by atoms with Crippen LogP contribution in [-0.2, 0) is 0 Å². The van der Waals surface area contributed by atoms with E-state index in [1.54, 1.807) is 30.9 Å². The summed E-state index contributed by atoms with van der Waals surface area (Å²) < 4.78 is 6.84. The average Bonchev–Trinajstić information content (AvgIpc) is 3.37. The van der Waals surface area contributed by atoms with Crippen LogP contribution in [-0.4, -0.2) is 82.0 Å². The molecular weight excluding hydrogens is 346 g/mol. The van der Waals surface area contributed by atoms with Gasteiger partial charge < -0.3 is 20.4 Å². The first-order valence-corrected chi connectivity index (χ1v) is 8.93. The van der Waals surface area contributed by atoms with Crippen LogP contribution in [0.4, 0.5) is 11.6 Å². The smallest absolute Gasteiger partial charge is 0.223 e. The summed E-state index contributed by atoms with van der Waals surface area (Å²) in [7, 11) is 2.01. The molecule has 4 heterocycles. The summed E-state index contributed by atoms with van der Waals surface area (Å²) in [5, 5.41) is 7.73. The fraction of sp³-hybridized carbons (Fsp3) is 0.412. The van der Waals surface area contributed by atoms with Gasteiger partial charge in [0, 0.05) is 46.3 Å². The molecule has 0 aliphatic carbocycles. The molecule has 0 saturated carbocycles. The van der Waals surface area contributed by atoms with Crippen LogP contribution in [0.15, 0.2) is 34.0 Å². The number of hydrogen-bond acceptors (Lipinski definition) is 8. The molecule has 0 radical (unpaired) electrons. The van der Waals surface area contributed by atoms with Crippen molar-refractivity contribution < 1.29 is 4.42 Å². The van der Waals surface area contributed by atoms with Crippen molar-refractivity contribution >= 4 is 23.6 Å². The van der Waals surface area contributed by atoms with Gasteiger partial charge in [-0.05, 0) is 12.1 Å². The highest BCUT2D eigenvalue weighted by atomic mass is 16.3. The second-order valence-corrected chi connectivity index (χ2v) is 6.47. The van der Waals surface area contributed by atoms with E-state index in [2.05, 4.69) is 35.2 Å². The van der Waals surface area contributed by atoms with Gasteiger partial charge in [-0.25, -0.2) is 15.0 Å². The minimum absolute atomic E-state index is 0.251. The van der Waals surface area contributed by atoms with E-state index in [1.807, 2.05) is 7.05 Å². The van der Waals surface area contributed by atoms with Crippen molar-refractivity contribution in [1.29, 1.82) is 0 Å². The Morgan fingerprint density at radius 2 is 2.26 bits per heavy atom. The molecule has 1 aliphatic heterocycles. The lowest BCUT2D eigenvalue weighted by Gasteiger charge is -2.28. The van der Waals surface area contributed by atoms with Gasteiger partial charge in [0.05, 0.1) is 18.8 Å². The topological polar surface area (TPSA) is 113 Å². The van der Waals surface area contributed by atoms with E-state index >= 15 is 0 Å². The summed E-state index contributed by atoms with van der Waals surface area (Å²) in [5.74, 6) is 1.27. The Labute approximate surface area is 156 Å². The van der Waals surface area contributed by atoms with Gasteiger partial charge in [0.1, 0.15) is 5.69 Å². The zero-order valence-corrected chi connectivity index (χ0v) is 15.2. The third-order valence-electron chi connectivity index (χ3n) is 4.49. The van der Waals surface area contributed by atoms with Gasteiger partial charge in [-0.3, -0.25) is 4.90 Å². The van der Waals surface area contributed by atoms with E-state index < -0.39 is 0 Å². The van der Waals surface area contributed by atoms with Crippen molar-refractivity contribution in [2.45, 2.75) is 0 Å². The molecule has 0 unspecified atom stereocenters. The molecule has 0 spiro atoms. The van der Waals surface area contributed by atoms with Crippen LogP contribution in [0.3, 0.4) is 0 Å². The fourth-order valence-corrected chi connectivity index (χ4v) is 2.93. The van der Waals surface area contributed by atoms with E-state index in [0.29, 0.717) is 22.9 Å². The zero-order valence-electron chi connectivity index (χ0n) is 15.2. The summed E-state index contributed by atoms with van der Waals surface area (Å²) in [4.78, 5) is 17.7. The quantitative estimate of drug-likeness (QED) is 0.476. The van der Waals surface area contributed by atoms with Crippen molar-refractivity contribution in [3.05, 3.63) is 24.6 Å². The third kappa shape index (κ3) is 3.91. The van der Waals surface area contributed by atoms with E-state index in [0.717, 1.165) is 39.3 Å². The summed E-state index contributed by atoms with van der Waals surface area (Å²) >= 11 is 0. The van der Waals surface area contributed by atoms with Gasteiger partial charge in [0.2, 0.25) is 11.8 Å². The van der Waals surface area contributed by atoms with Crippen LogP contribution in [0.1, 0.15) is 0 Å². The number of nitrogens with one attached hydrogen (secondary N) is 1. The molecule has 1 saturated heterocycles. The molecule has 1 aliphatic rings. The molecule has 10 nitrogen and oxygen atoms in total. The van der Waals surface area contributed by atoms with Crippen molar-refractivity contribution in [2.24, 2.45) is 4.99 Å². The SMILES string of the molecule is CN(C=Nc1cnc(N)n2nc(-c3ccco3)nc12)CCN1CCNCC1. The van der Waals surface area contributed by atoms with E-state index in [9.17, 15) is 0 Å². The first kappa shape index (κ1) is 17.4. The normalized spacial score (nSPS) is 15.7. The summed E-state index contributed by atoms with van der Waals surface area (Å²) in [6.07, 6.45) is 4.97. The summed E-state index contributed by atoms with van der Waals surface area (Å²) in [5.41, 5.74) is 7.07. The van der Waals surface area contributed by atoms with Gasteiger partial charge in [0.25, 0.3) is 0 Å². The third-order valence-corrected chi connectivity index (χ3v) is 4.49. The molecule has 3 aromatic heterocycles. The Kier molecular flexibility index (Phi) is 4.99. The van der Waals surface area contributed by atoms with Crippen molar-refractivity contribution in [2.75, 3.05) is 52.0 Å². The Balaban J connectivity index is 1.49.